The number of hydrogen-bond acceptors (Lipinski definition) is 3. The Kier molecular flexibility index (Phi) is 3.99. The highest BCUT2D eigenvalue weighted by Gasteiger charge is 2.09. The maximum absolute atomic E-state index is 5.87. The van der Waals surface area contributed by atoms with Crippen LogP contribution in [0.1, 0.15) is 24.1 Å². The van der Waals surface area contributed by atoms with Gasteiger partial charge in [-0.05, 0) is 20.0 Å². The van der Waals surface area contributed by atoms with E-state index < -0.39 is 0 Å². The molecular weight excluding hydrogens is 226 g/mol. The molecule has 1 atom stereocenters. The lowest BCUT2D eigenvalue weighted by Crippen LogP contribution is -2.13. The van der Waals surface area contributed by atoms with Crippen LogP contribution in [-0.2, 0) is 13.7 Å². The fraction of sp³-hybridized carbons (Fsp3) is 0.357. The second-order valence-electron chi connectivity index (χ2n) is 4.36. The average Bonchev–Trinajstić information content (AvgIpc) is 2.81. The lowest BCUT2D eigenvalue weighted by Gasteiger charge is -2.15. The molecule has 4 heteroatoms. The summed E-state index contributed by atoms with van der Waals surface area (Å²) in [5, 5.41) is 7.35. The molecule has 0 saturated heterocycles. The number of ether oxygens (including phenoxy) is 1. The molecule has 1 aromatic heterocycles. The minimum Gasteiger partial charge on any atom is -0.488 e. The van der Waals surface area contributed by atoms with Gasteiger partial charge in [-0.1, -0.05) is 18.2 Å². The summed E-state index contributed by atoms with van der Waals surface area (Å²) in [7, 11) is 3.85. The maximum atomic E-state index is 5.87. The van der Waals surface area contributed by atoms with Crippen molar-refractivity contribution in [2.45, 2.75) is 19.6 Å². The molecule has 1 heterocycles. The fourth-order valence-electron chi connectivity index (χ4n) is 1.83. The van der Waals surface area contributed by atoms with E-state index in [4.69, 9.17) is 4.74 Å². The van der Waals surface area contributed by atoms with Crippen LogP contribution < -0.4 is 10.1 Å². The van der Waals surface area contributed by atoms with Crippen LogP contribution in [-0.4, -0.2) is 16.8 Å². The molecule has 2 aromatic rings. The first-order valence-corrected chi connectivity index (χ1v) is 6.07. The number of rotatable bonds is 5. The van der Waals surface area contributed by atoms with Gasteiger partial charge in [0.25, 0.3) is 0 Å². The molecule has 0 spiro atoms. The Hall–Kier alpha value is -1.81. The molecular formula is C14H19N3O. The normalized spacial score (nSPS) is 12.4. The predicted molar refractivity (Wildman–Crippen MR) is 71.5 cm³/mol. The smallest absolute Gasteiger partial charge is 0.124 e. The van der Waals surface area contributed by atoms with Gasteiger partial charge >= 0.3 is 0 Å². The van der Waals surface area contributed by atoms with Gasteiger partial charge in [0.1, 0.15) is 12.4 Å². The lowest BCUT2D eigenvalue weighted by molar-refractivity contribution is 0.300. The van der Waals surface area contributed by atoms with Gasteiger partial charge in [0.2, 0.25) is 0 Å². The van der Waals surface area contributed by atoms with Crippen LogP contribution in [0.2, 0.25) is 0 Å². The number of aryl methyl sites for hydroxylation is 1. The first-order valence-electron chi connectivity index (χ1n) is 6.07. The van der Waals surface area contributed by atoms with E-state index in [0.29, 0.717) is 6.61 Å². The second-order valence-corrected chi connectivity index (χ2v) is 4.36. The molecule has 18 heavy (non-hydrogen) atoms. The number of hydrogen-bond donors (Lipinski definition) is 1. The summed E-state index contributed by atoms with van der Waals surface area (Å²) in [5.74, 6) is 0.920. The minimum absolute atomic E-state index is 0.273. The van der Waals surface area contributed by atoms with Crippen LogP contribution in [0.4, 0.5) is 0 Å². The zero-order valence-corrected chi connectivity index (χ0v) is 11.1. The molecule has 0 radical (unpaired) electrons. The molecule has 1 N–H and O–H groups in total. The summed E-state index contributed by atoms with van der Waals surface area (Å²) in [6, 6.07) is 8.37. The van der Waals surface area contributed by atoms with Crippen LogP contribution >= 0.6 is 0 Å². The third-order valence-corrected chi connectivity index (χ3v) is 2.97. The maximum Gasteiger partial charge on any atom is 0.124 e. The molecule has 0 aliphatic rings. The van der Waals surface area contributed by atoms with Crippen molar-refractivity contribution in [3.63, 3.8) is 0 Å². The highest BCUT2D eigenvalue weighted by molar-refractivity contribution is 5.35. The van der Waals surface area contributed by atoms with Crippen molar-refractivity contribution in [3.8, 4) is 5.75 Å². The molecule has 0 fully saturated rings. The molecule has 4 nitrogen and oxygen atoms in total. The quantitative estimate of drug-likeness (QED) is 0.878. The Morgan fingerprint density at radius 1 is 1.39 bits per heavy atom. The number of nitrogens with zero attached hydrogens (tertiary/aromatic N) is 2. The summed E-state index contributed by atoms with van der Waals surface area (Å²) < 4.78 is 7.64. The van der Waals surface area contributed by atoms with E-state index in [0.717, 1.165) is 11.3 Å². The van der Waals surface area contributed by atoms with E-state index in [1.807, 2.05) is 44.7 Å². The highest BCUT2D eigenvalue weighted by Crippen LogP contribution is 2.25. The van der Waals surface area contributed by atoms with Crippen LogP contribution in [0.25, 0.3) is 0 Å². The van der Waals surface area contributed by atoms with E-state index in [9.17, 15) is 0 Å². The molecule has 0 aliphatic carbocycles. The molecule has 96 valence electrons. The monoisotopic (exact) mass is 245 g/mol. The van der Waals surface area contributed by atoms with Crippen molar-refractivity contribution in [2.24, 2.45) is 7.05 Å². The standard InChI is InChI=1S/C14H19N3O/c1-11(15-2)13-6-4-5-7-14(13)18-10-12-8-16-17(3)9-12/h4-9,11,15H,10H2,1-3H3. The average molecular weight is 245 g/mol. The topological polar surface area (TPSA) is 39.1 Å². The Morgan fingerprint density at radius 2 is 2.17 bits per heavy atom. The third kappa shape index (κ3) is 2.90. The van der Waals surface area contributed by atoms with Gasteiger partial charge in [0, 0.05) is 30.4 Å². The number of aromatic nitrogens is 2. The van der Waals surface area contributed by atoms with Gasteiger partial charge in [0.15, 0.2) is 0 Å². The van der Waals surface area contributed by atoms with Gasteiger partial charge < -0.3 is 10.1 Å². The molecule has 0 aliphatic heterocycles. The Bertz CT molecular complexity index is 507. The van der Waals surface area contributed by atoms with Crippen molar-refractivity contribution in [1.82, 2.24) is 15.1 Å². The summed E-state index contributed by atoms with van der Waals surface area (Å²) >= 11 is 0. The van der Waals surface area contributed by atoms with E-state index in [2.05, 4.69) is 23.4 Å². The molecule has 2 rings (SSSR count). The molecule has 1 unspecified atom stereocenters. The van der Waals surface area contributed by atoms with E-state index >= 15 is 0 Å². The predicted octanol–water partition coefficient (Wildman–Crippen LogP) is 2.28. The molecule has 1 aromatic carbocycles. The molecule has 0 saturated carbocycles. The lowest BCUT2D eigenvalue weighted by atomic mass is 10.1. The minimum atomic E-state index is 0.273. The van der Waals surface area contributed by atoms with Crippen LogP contribution in [0.5, 0.6) is 5.75 Å². The number of nitrogens with one attached hydrogen (secondary N) is 1. The van der Waals surface area contributed by atoms with Gasteiger partial charge in [-0.25, -0.2) is 0 Å². The van der Waals surface area contributed by atoms with Crippen LogP contribution in [0.15, 0.2) is 36.7 Å². The first-order chi connectivity index (χ1) is 8.70. The SMILES string of the molecule is CNC(C)c1ccccc1OCc1cnn(C)c1. The highest BCUT2D eigenvalue weighted by atomic mass is 16.5. The van der Waals surface area contributed by atoms with E-state index in [-0.39, 0.29) is 6.04 Å². The largest absolute Gasteiger partial charge is 0.488 e. The number of benzene rings is 1. The van der Waals surface area contributed by atoms with Gasteiger partial charge in [-0.3, -0.25) is 4.68 Å². The van der Waals surface area contributed by atoms with E-state index in [1.54, 1.807) is 4.68 Å². The summed E-state index contributed by atoms with van der Waals surface area (Å²) in [6.45, 7) is 2.66. The zero-order chi connectivity index (χ0) is 13.0. The van der Waals surface area contributed by atoms with Crippen LogP contribution in [0.3, 0.4) is 0 Å². The van der Waals surface area contributed by atoms with Crippen molar-refractivity contribution < 1.29 is 4.74 Å². The van der Waals surface area contributed by atoms with Gasteiger partial charge in [0.05, 0.1) is 6.20 Å². The van der Waals surface area contributed by atoms with Crippen molar-refractivity contribution in [3.05, 3.63) is 47.8 Å². The third-order valence-electron chi connectivity index (χ3n) is 2.97. The van der Waals surface area contributed by atoms with Crippen molar-refractivity contribution in [2.75, 3.05) is 7.05 Å². The van der Waals surface area contributed by atoms with Crippen molar-refractivity contribution in [1.29, 1.82) is 0 Å². The zero-order valence-electron chi connectivity index (χ0n) is 11.1. The summed E-state index contributed by atoms with van der Waals surface area (Å²) in [6.07, 6.45) is 3.79. The first kappa shape index (κ1) is 12.6. The molecule has 0 amide bonds. The summed E-state index contributed by atoms with van der Waals surface area (Å²) in [4.78, 5) is 0. The molecule has 0 bridgehead atoms. The van der Waals surface area contributed by atoms with Crippen molar-refractivity contribution >= 4 is 0 Å². The second kappa shape index (κ2) is 5.69. The van der Waals surface area contributed by atoms with E-state index in [1.165, 1.54) is 5.56 Å². The summed E-state index contributed by atoms with van der Waals surface area (Å²) in [5.41, 5.74) is 2.24. The fourth-order valence-corrected chi connectivity index (χ4v) is 1.83. The van der Waals surface area contributed by atoms with Gasteiger partial charge in [-0.15, -0.1) is 0 Å². The Balaban J connectivity index is 2.09. The van der Waals surface area contributed by atoms with Crippen LogP contribution in [0, 0.1) is 0 Å². The Morgan fingerprint density at radius 3 is 2.83 bits per heavy atom. The number of para-hydroxylation sites is 1. The van der Waals surface area contributed by atoms with Gasteiger partial charge in [-0.2, -0.15) is 5.10 Å². The Labute approximate surface area is 108 Å².